The Morgan fingerprint density at radius 1 is 1.11 bits per heavy atom. The monoisotopic (exact) mass is 400 g/mol. The third-order valence-corrected chi connectivity index (χ3v) is 6.33. The molecule has 0 aliphatic carbocycles. The van der Waals surface area contributed by atoms with Crippen molar-refractivity contribution in [2.24, 2.45) is 5.92 Å². The quantitative estimate of drug-likeness (QED) is 0.766. The minimum absolute atomic E-state index is 0.0162. The first kappa shape index (κ1) is 20.4. The second-order valence-electron chi connectivity index (χ2n) is 7.80. The number of piperidine rings is 1. The molecule has 28 heavy (non-hydrogen) atoms. The summed E-state index contributed by atoms with van der Waals surface area (Å²) >= 11 is 0. The third kappa shape index (κ3) is 4.93. The van der Waals surface area contributed by atoms with E-state index >= 15 is 0 Å². The molecular formula is C22H28N2O3S. The number of rotatable bonds is 5. The standard InChI is InChI=1S/C22H28N2O3S/c1-17-6-8-19(9-7-17)16-24(28(3,26)27)21-12-10-20(11-13-21)22(25)23-14-4-5-18(2)15-23/h6-13,18H,4-5,14-16H2,1-3H3/t18-/m1/s1. The maximum Gasteiger partial charge on any atom is 0.253 e. The van der Waals surface area contributed by atoms with Crippen molar-refractivity contribution in [3.63, 3.8) is 0 Å². The third-order valence-electron chi connectivity index (χ3n) is 5.19. The molecule has 150 valence electrons. The highest BCUT2D eigenvalue weighted by Gasteiger charge is 2.23. The molecule has 1 fully saturated rings. The van der Waals surface area contributed by atoms with Crippen LogP contribution in [0, 0.1) is 12.8 Å². The lowest BCUT2D eigenvalue weighted by Crippen LogP contribution is -2.39. The van der Waals surface area contributed by atoms with E-state index in [0.29, 0.717) is 17.2 Å². The van der Waals surface area contributed by atoms with E-state index in [-0.39, 0.29) is 12.5 Å². The maximum absolute atomic E-state index is 12.7. The van der Waals surface area contributed by atoms with Gasteiger partial charge in [0.1, 0.15) is 0 Å². The molecule has 0 saturated carbocycles. The van der Waals surface area contributed by atoms with Crippen molar-refractivity contribution in [2.75, 3.05) is 23.7 Å². The molecule has 0 bridgehead atoms. The number of sulfonamides is 1. The van der Waals surface area contributed by atoms with Crippen LogP contribution in [-0.2, 0) is 16.6 Å². The number of benzene rings is 2. The van der Waals surface area contributed by atoms with Gasteiger partial charge in [0, 0.05) is 18.7 Å². The number of anilines is 1. The number of hydrogen-bond acceptors (Lipinski definition) is 3. The summed E-state index contributed by atoms with van der Waals surface area (Å²) in [6.45, 7) is 5.99. The first-order valence-electron chi connectivity index (χ1n) is 9.66. The molecule has 2 aromatic carbocycles. The summed E-state index contributed by atoms with van der Waals surface area (Å²) in [6.07, 6.45) is 3.39. The summed E-state index contributed by atoms with van der Waals surface area (Å²) in [7, 11) is -3.45. The largest absolute Gasteiger partial charge is 0.338 e. The van der Waals surface area contributed by atoms with Crippen molar-refractivity contribution in [2.45, 2.75) is 33.2 Å². The van der Waals surface area contributed by atoms with Crippen LogP contribution in [0.1, 0.15) is 41.3 Å². The minimum atomic E-state index is -3.45. The van der Waals surface area contributed by atoms with Gasteiger partial charge in [-0.1, -0.05) is 36.8 Å². The molecule has 0 radical (unpaired) electrons. The van der Waals surface area contributed by atoms with Gasteiger partial charge in [-0.3, -0.25) is 9.10 Å². The van der Waals surface area contributed by atoms with Gasteiger partial charge >= 0.3 is 0 Å². The average Bonchev–Trinajstić information content (AvgIpc) is 2.66. The van der Waals surface area contributed by atoms with Crippen LogP contribution in [0.25, 0.3) is 0 Å². The molecule has 5 nitrogen and oxygen atoms in total. The van der Waals surface area contributed by atoms with Crippen LogP contribution >= 0.6 is 0 Å². The zero-order valence-corrected chi connectivity index (χ0v) is 17.6. The van der Waals surface area contributed by atoms with Gasteiger partial charge in [-0.2, -0.15) is 0 Å². The highest BCUT2D eigenvalue weighted by molar-refractivity contribution is 7.92. The van der Waals surface area contributed by atoms with Crippen LogP contribution in [0.5, 0.6) is 0 Å². The van der Waals surface area contributed by atoms with Gasteiger partial charge in [-0.05, 0) is 55.5 Å². The van der Waals surface area contributed by atoms with Crippen LogP contribution in [-0.4, -0.2) is 38.6 Å². The predicted octanol–water partition coefficient (Wildman–Crippen LogP) is 3.83. The zero-order valence-electron chi connectivity index (χ0n) is 16.8. The number of likely N-dealkylation sites (tertiary alicyclic amines) is 1. The molecule has 2 aromatic rings. The zero-order chi connectivity index (χ0) is 20.3. The SMILES string of the molecule is Cc1ccc(CN(c2ccc(C(=O)N3CCC[C@@H](C)C3)cc2)S(C)(=O)=O)cc1. The number of nitrogens with zero attached hydrogens (tertiary/aromatic N) is 2. The molecule has 1 aliphatic rings. The molecule has 1 aliphatic heterocycles. The van der Waals surface area contributed by atoms with E-state index in [1.807, 2.05) is 36.1 Å². The normalized spacial score (nSPS) is 17.4. The van der Waals surface area contributed by atoms with Crippen LogP contribution in [0.15, 0.2) is 48.5 Å². The Bertz CT molecular complexity index is 921. The van der Waals surface area contributed by atoms with Gasteiger partial charge in [0.15, 0.2) is 0 Å². The van der Waals surface area contributed by atoms with E-state index in [1.54, 1.807) is 24.3 Å². The molecule has 0 unspecified atom stereocenters. The Morgan fingerprint density at radius 2 is 1.75 bits per heavy atom. The lowest BCUT2D eigenvalue weighted by Gasteiger charge is -2.31. The Balaban J connectivity index is 1.80. The first-order chi connectivity index (χ1) is 13.2. The Hall–Kier alpha value is -2.34. The van der Waals surface area contributed by atoms with Gasteiger partial charge in [0.25, 0.3) is 5.91 Å². The van der Waals surface area contributed by atoms with E-state index in [9.17, 15) is 13.2 Å². The Morgan fingerprint density at radius 3 is 2.32 bits per heavy atom. The average molecular weight is 401 g/mol. The van der Waals surface area contributed by atoms with Crippen molar-refractivity contribution in [1.82, 2.24) is 4.90 Å². The van der Waals surface area contributed by atoms with E-state index in [4.69, 9.17) is 0 Å². The summed E-state index contributed by atoms with van der Waals surface area (Å²) in [5.74, 6) is 0.537. The van der Waals surface area contributed by atoms with Crippen LogP contribution in [0.2, 0.25) is 0 Å². The smallest absolute Gasteiger partial charge is 0.253 e. The van der Waals surface area contributed by atoms with E-state index in [0.717, 1.165) is 37.1 Å². The summed E-state index contributed by atoms with van der Waals surface area (Å²) < 4.78 is 26.1. The fourth-order valence-corrected chi connectivity index (χ4v) is 4.47. The molecule has 1 heterocycles. The fourth-order valence-electron chi connectivity index (χ4n) is 3.59. The molecule has 1 amide bonds. The lowest BCUT2D eigenvalue weighted by atomic mass is 9.99. The van der Waals surface area contributed by atoms with Crippen LogP contribution < -0.4 is 4.31 Å². The number of carbonyl (C=O) groups is 1. The summed E-state index contributed by atoms with van der Waals surface area (Å²) in [5, 5.41) is 0. The Kier molecular flexibility index (Phi) is 6.08. The van der Waals surface area contributed by atoms with Gasteiger partial charge in [-0.25, -0.2) is 8.42 Å². The van der Waals surface area contributed by atoms with E-state index in [1.165, 1.54) is 10.6 Å². The van der Waals surface area contributed by atoms with Gasteiger partial charge in [0.05, 0.1) is 18.5 Å². The Labute approximate surface area is 168 Å². The van der Waals surface area contributed by atoms with Gasteiger partial charge in [0.2, 0.25) is 10.0 Å². The molecule has 1 saturated heterocycles. The number of carbonyl (C=O) groups excluding carboxylic acids is 1. The second kappa shape index (κ2) is 8.35. The van der Waals surface area contributed by atoms with Gasteiger partial charge in [-0.15, -0.1) is 0 Å². The molecular weight excluding hydrogens is 372 g/mol. The van der Waals surface area contributed by atoms with E-state index in [2.05, 4.69) is 6.92 Å². The van der Waals surface area contributed by atoms with Crippen LogP contribution in [0.3, 0.4) is 0 Å². The molecule has 0 spiro atoms. The molecule has 1 atom stereocenters. The van der Waals surface area contributed by atoms with Gasteiger partial charge < -0.3 is 4.90 Å². The molecule has 0 N–H and O–H groups in total. The molecule has 0 aromatic heterocycles. The summed E-state index contributed by atoms with van der Waals surface area (Å²) in [5.41, 5.74) is 3.20. The predicted molar refractivity (Wildman–Crippen MR) is 113 cm³/mol. The minimum Gasteiger partial charge on any atom is -0.338 e. The highest BCUT2D eigenvalue weighted by atomic mass is 32.2. The highest BCUT2D eigenvalue weighted by Crippen LogP contribution is 2.23. The molecule has 6 heteroatoms. The first-order valence-corrected chi connectivity index (χ1v) is 11.5. The lowest BCUT2D eigenvalue weighted by molar-refractivity contribution is 0.0683. The number of aryl methyl sites for hydroxylation is 1. The van der Waals surface area contributed by atoms with Crippen LogP contribution in [0.4, 0.5) is 5.69 Å². The second-order valence-corrected chi connectivity index (χ2v) is 9.71. The summed E-state index contributed by atoms with van der Waals surface area (Å²) in [6, 6.07) is 14.7. The summed E-state index contributed by atoms with van der Waals surface area (Å²) in [4.78, 5) is 14.6. The van der Waals surface area contributed by atoms with Crippen molar-refractivity contribution < 1.29 is 13.2 Å². The fraction of sp³-hybridized carbons (Fsp3) is 0.409. The van der Waals surface area contributed by atoms with E-state index < -0.39 is 10.0 Å². The van der Waals surface area contributed by atoms with Crippen molar-refractivity contribution in [1.29, 1.82) is 0 Å². The number of hydrogen-bond donors (Lipinski definition) is 0. The maximum atomic E-state index is 12.7. The topological polar surface area (TPSA) is 57.7 Å². The van der Waals surface area contributed by atoms with Crippen molar-refractivity contribution in [3.8, 4) is 0 Å². The van der Waals surface area contributed by atoms with Crippen molar-refractivity contribution >= 4 is 21.6 Å². The van der Waals surface area contributed by atoms with Crippen molar-refractivity contribution in [3.05, 3.63) is 65.2 Å². The molecule has 3 rings (SSSR count). The number of amides is 1.